The highest BCUT2D eigenvalue weighted by Crippen LogP contribution is 1.84. The van der Waals surface area contributed by atoms with Crippen molar-refractivity contribution >= 4 is 0 Å². The van der Waals surface area contributed by atoms with Crippen LogP contribution in [0, 0.1) is 0 Å². The molecule has 12 heavy (non-hydrogen) atoms. The number of hydrogen-bond donors (Lipinski definition) is 1. The Hall–Kier alpha value is -1.01. The maximum atomic E-state index is 4.87. The molecule has 68 valence electrons. The lowest BCUT2D eigenvalue weighted by Crippen LogP contribution is -2.09. The molecule has 0 spiro atoms. The van der Waals surface area contributed by atoms with Gasteiger partial charge in [-0.15, -0.1) is 10.2 Å². The van der Waals surface area contributed by atoms with Crippen molar-refractivity contribution in [3.63, 3.8) is 0 Å². The molecule has 0 saturated heterocycles. The minimum Gasteiger partial charge on any atom is -0.383 e. The Bertz CT molecular complexity index is 223. The molecule has 0 aliphatic carbocycles. The van der Waals surface area contributed by atoms with Crippen LogP contribution in [-0.2, 0) is 17.8 Å². The topological polar surface area (TPSA) is 64.9 Å². The lowest BCUT2D eigenvalue weighted by molar-refractivity contribution is 0.178. The van der Waals surface area contributed by atoms with Crippen molar-refractivity contribution in [2.24, 2.45) is 0 Å². The fourth-order valence-electron chi connectivity index (χ4n) is 0.773. The maximum Gasteiger partial charge on any atom is 0.188 e. The number of hydrogen-bond acceptors (Lipinski definition) is 5. The Labute approximate surface area is 70.9 Å². The van der Waals surface area contributed by atoms with E-state index in [1.165, 1.54) is 4.80 Å². The number of nitrogens with zero attached hydrogens (tertiary/aromatic N) is 4. The van der Waals surface area contributed by atoms with E-state index in [2.05, 4.69) is 20.7 Å². The lowest BCUT2D eigenvalue weighted by Gasteiger charge is -1.95. The van der Waals surface area contributed by atoms with Gasteiger partial charge in [-0.05, 0) is 12.3 Å². The third-order valence-electron chi connectivity index (χ3n) is 1.32. The molecule has 0 amide bonds. The molecule has 6 heteroatoms. The Balaban J connectivity index is 2.41. The van der Waals surface area contributed by atoms with Gasteiger partial charge in [0.2, 0.25) is 0 Å². The quantitative estimate of drug-likeness (QED) is 0.618. The van der Waals surface area contributed by atoms with Crippen LogP contribution in [0.2, 0.25) is 0 Å². The van der Waals surface area contributed by atoms with E-state index in [-0.39, 0.29) is 0 Å². The zero-order valence-corrected chi connectivity index (χ0v) is 7.32. The molecule has 6 nitrogen and oxygen atoms in total. The van der Waals surface area contributed by atoms with Gasteiger partial charge in [0.1, 0.15) is 0 Å². The van der Waals surface area contributed by atoms with Gasteiger partial charge in [-0.3, -0.25) is 0 Å². The highest BCUT2D eigenvalue weighted by Gasteiger charge is 1.99. The lowest BCUT2D eigenvalue weighted by atomic mass is 10.6. The Morgan fingerprint density at radius 3 is 3.08 bits per heavy atom. The van der Waals surface area contributed by atoms with Gasteiger partial charge in [0, 0.05) is 7.11 Å². The van der Waals surface area contributed by atoms with E-state index in [1.54, 1.807) is 7.11 Å². The molecule has 0 aliphatic rings. The van der Waals surface area contributed by atoms with Crippen molar-refractivity contribution < 1.29 is 4.74 Å². The van der Waals surface area contributed by atoms with Crippen LogP contribution in [0.5, 0.6) is 0 Å². The molecule has 0 saturated carbocycles. The summed E-state index contributed by atoms with van der Waals surface area (Å²) in [6.45, 7) is 1.90. The van der Waals surface area contributed by atoms with Crippen LogP contribution < -0.4 is 5.32 Å². The second kappa shape index (κ2) is 4.78. The third kappa shape index (κ3) is 2.55. The van der Waals surface area contributed by atoms with E-state index in [9.17, 15) is 0 Å². The number of methoxy groups -OCH3 is 1. The molecule has 0 unspecified atom stereocenters. The number of nitrogens with one attached hydrogen (secondary N) is 1. The summed E-state index contributed by atoms with van der Waals surface area (Å²) in [6, 6.07) is 0. The normalized spacial score (nSPS) is 10.5. The van der Waals surface area contributed by atoms with Gasteiger partial charge in [0.15, 0.2) is 5.82 Å². The second-order valence-electron chi connectivity index (χ2n) is 2.32. The van der Waals surface area contributed by atoms with Crippen LogP contribution >= 0.6 is 0 Å². The molecule has 1 heterocycles. The molecule has 0 aliphatic heterocycles. The molecule has 1 aromatic rings. The second-order valence-corrected chi connectivity index (χ2v) is 2.32. The molecular weight excluding hydrogens is 158 g/mol. The van der Waals surface area contributed by atoms with E-state index < -0.39 is 0 Å². The van der Waals surface area contributed by atoms with Gasteiger partial charge in [-0.1, -0.05) is 0 Å². The Morgan fingerprint density at radius 1 is 1.58 bits per heavy atom. The van der Waals surface area contributed by atoms with Crippen molar-refractivity contribution in [3.8, 4) is 0 Å². The molecule has 0 atom stereocenters. The van der Waals surface area contributed by atoms with Crippen LogP contribution in [0.3, 0.4) is 0 Å². The first-order chi connectivity index (χ1) is 5.86. The summed E-state index contributed by atoms with van der Waals surface area (Å²) in [4.78, 5) is 1.52. The fourth-order valence-corrected chi connectivity index (χ4v) is 0.773. The molecule has 0 bridgehead atoms. The summed E-state index contributed by atoms with van der Waals surface area (Å²) >= 11 is 0. The zero-order valence-electron chi connectivity index (χ0n) is 7.32. The molecule has 1 N–H and O–H groups in total. The molecule has 1 aromatic heterocycles. The van der Waals surface area contributed by atoms with E-state index in [0.29, 0.717) is 25.5 Å². The van der Waals surface area contributed by atoms with E-state index in [4.69, 9.17) is 4.74 Å². The van der Waals surface area contributed by atoms with Crippen LogP contribution in [0.1, 0.15) is 5.82 Å². The maximum absolute atomic E-state index is 4.87. The zero-order chi connectivity index (χ0) is 8.81. The third-order valence-corrected chi connectivity index (χ3v) is 1.32. The number of rotatable bonds is 5. The molecule has 0 aromatic carbocycles. The van der Waals surface area contributed by atoms with Gasteiger partial charge in [0.25, 0.3) is 0 Å². The summed E-state index contributed by atoms with van der Waals surface area (Å²) in [5, 5.41) is 14.7. The van der Waals surface area contributed by atoms with Crippen LogP contribution in [-0.4, -0.2) is 41.0 Å². The molecular formula is C6H13N5O. The minimum absolute atomic E-state index is 0.607. The van der Waals surface area contributed by atoms with Crippen molar-refractivity contribution in [3.05, 3.63) is 5.82 Å². The summed E-state index contributed by atoms with van der Waals surface area (Å²) in [5.74, 6) is 0.702. The van der Waals surface area contributed by atoms with Crippen molar-refractivity contribution in [2.75, 3.05) is 20.8 Å². The van der Waals surface area contributed by atoms with Gasteiger partial charge < -0.3 is 10.1 Å². The van der Waals surface area contributed by atoms with Gasteiger partial charge >= 0.3 is 0 Å². The van der Waals surface area contributed by atoms with Crippen LogP contribution in [0.15, 0.2) is 0 Å². The van der Waals surface area contributed by atoms with Crippen molar-refractivity contribution in [1.29, 1.82) is 0 Å². The average Bonchev–Trinajstić information content (AvgIpc) is 2.50. The SMILES string of the molecule is CNCc1nnn(CCOC)n1. The predicted molar refractivity (Wildman–Crippen MR) is 42.5 cm³/mol. The summed E-state index contributed by atoms with van der Waals surface area (Å²) < 4.78 is 4.87. The monoisotopic (exact) mass is 171 g/mol. The molecule has 1 rings (SSSR count). The molecule has 0 radical (unpaired) electrons. The number of ether oxygens (including phenoxy) is 1. The van der Waals surface area contributed by atoms with E-state index in [0.717, 1.165) is 0 Å². The van der Waals surface area contributed by atoms with Crippen molar-refractivity contribution in [2.45, 2.75) is 13.1 Å². The summed E-state index contributed by atoms with van der Waals surface area (Å²) in [5.41, 5.74) is 0. The largest absolute Gasteiger partial charge is 0.383 e. The highest BCUT2D eigenvalue weighted by molar-refractivity contribution is 4.73. The Morgan fingerprint density at radius 2 is 2.42 bits per heavy atom. The highest BCUT2D eigenvalue weighted by atomic mass is 16.5. The predicted octanol–water partition coefficient (Wildman–Crippen LogP) is -0.961. The first-order valence-corrected chi connectivity index (χ1v) is 3.77. The van der Waals surface area contributed by atoms with Crippen LogP contribution in [0.25, 0.3) is 0 Å². The minimum atomic E-state index is 0.607. The smallest absolute Gasteiger partial charge is 0.188 e. The first kappa shape index (κ1) is 9.08. The van der Waals surface area contributed by atoms with Gasteiger partial charge in [0.05, 0.1) is 19.7 Å². The van der Waals surface area contributed by atoms with E-state index in [1.807, 2.05) is 7.05 Å². The Kier molecular flexibility index (Phi) is 3.62. The number of tetrazole rings is 1. The average molecular weight is 171 g/mol. The standard InChI is InChI=1S/C6H13N5O/c1-7-5-6-8-10-11(9-6)3-4-12-2/h7H,3-5H2,1-2H3. The van der Waals surface area contributed by atoms with E-state index >= 15 is 0 Å². The van der Waals surface area contributed by atoms with Crippen LogP contribution in [0.4, 0.5) is 0 Å². The summed E-state index contributed by atoms with van der Waals surface area (Å²) in [6.07, 6.45) is 0. The van der Waals surface area contributed by atoms with Crippen molar-refractivity contribution in [1.82, 2.24) is 25.5 Å². The van der Waals surface area contributed by atoms with Gasteiger partial charge in [-0.25, -0.2) is 0 Å². The fraction of sp³-hybridized carbons (Fsp3) is 0.833. The first-order valence-electron chi connectivity index (χ1n) is 3.77. The molecule has 0 fully saturated rings. The number of aromatic nitrogens is 4. The van der Waals surface area contributed by atoms with Gasteiger partial charge in [-0.2, -0.15) is 4.80 Å². The summed E-state index contributed by atoms with van der Waals surface area (Å²) in [7, 11) is 3.49.